The van der Waals surface area contributed by atoms with E-state index >= 15 is 0 Å². The van der Waals surface area contributed by atoms with E-state index in [0.717, 1.165) is 17.7 Å². The van der Waals surface area contributed by atoms with Crippen LogP contribution in [0.1, 0.15) is 46.6 Å². The van der Waals surface area contributed by atoms with Gasteiger partial charge in [0.2, 0.25) is 0 Å². The van der Waals surface area contributed by atoms with Gasteiger partial charge in [-0.1, -0.05) is 25.0 Å². The molecule has 1 heterocycles. The highest BCUT2D eigenvalue weighted by Crippen LogP contribution is 2.41. The fourth-order valence-corrected chi connectivity index (χ4v) is 2.57. The van der Waals surface area contributed by atoms with Crippen molar-refractivity contribution >= 4 is 17.5 Å². The van der Waals surface area contributed by atoms with E-state index in [0.29, 0.717) is 12.2 Å². The van der Waals surface area contributed by atoms with Crippen LogP contribution in [0.5, 0.6) is 0 Å². The average molecular weight is 302 g/mol. The van der Waals surface area contributed by atoms with Crippen molar-refractivity contribution in [1.82, 2.24) is 0 Å². The zero-order chi connectivity index (χ0) is 16.5. The van der Waals surface area contributed by atoms with Crippen LogP contribution in [-0.2, 0) is 10.2 Å². The molecule has 0 saturated carbocycles. The summed E-state index contributed by atoms with van der Waals surface area (Å²) < 4.78 is 5.48. The van der Waals surface area contributed by atoms with E-state index in [4.69, 9.17) is 10.3 Å². The Morgan fingerprint density at radius 1 is 1.41 bits per heavy atom. The third-order valence-electron chi connectivity index (χ3n) is 3.73. The number of ether oxygens (including phenoxy) is 1. The molecule has 0 aromatic heterocycles. The zero-order valence-corrected chi connectivity index (χ0v) is 13.8. The number of fused-ring (bicyclic) bond motifs is 1. The number of carbonyl (C=O) groups is 1. The summed E-state index contributed by atoms with van der Waals surface area (Å²) in [6.45, 7) is 10.4. The van der Waals surface area contributed by atoms with Crippen molar-refractivity contribution in [2.45, 2.75) is 52.1 Å². The highest BCUT2D eigenvalue weighted by molar-refractivity contribution is 5.90. The van der Waals surface area contributed by atoms with Gasteiger partial charge >= 0.3 is 6.09 Å². The largest absolute Gasteiger partial charge is 0.443 e. The summed E-state index contributed by atoms with van der Waals surface area (Å²) in [6.07, 6.45) is 0.472. The Hall–Kier alpha value is -2.20. The molecule has 0 saturated heterocycles. The number of hydrogen-bond acceptors (Lipinski definition) is 3. The maximum Gasteiger partial charge on any atom is 0.414 e. The van der Waals surface area contributed by atoms with E-state index in [-0.39, 0.29) is 11.5 Å². The third kappa shape index (κ3) is 3.34. The number of nitrogens with zero attached hydrogens (tertiary/aromatic N) is 4. The Morgan fingerprint density at radius 3 is 2.68 bits per heavy atom. The summed E-state index contributed by atoms with van der Waals surface area (Å²) in [5, 5.41) is 3.66. The lowest BCUT2D eigenvalue weighted by Gasteiger charge is -2.39. The summed E-state index contributed by atoms with van der Waals surface area (Å²) in [7, 11) is 0. The molecule has 6 nitrogen and oxygen atoms in total. The monoisotopic (exact) mass is 302 g/mol. The topological polar surface area (TPSA) is 78.3 Å². The lowest BCUT2D eigenvalue weighted by Crippen LogP contribution is -2.43. The van der Waals surface area contributed by atoms with Crippen LogP contribution in [0.3, 0.4) is 0 Å². The minimum atomic E-state index is -0.532. The number of hydrogen-bond donors (Lipinski definition) is 0. The van der Waals surface area contributed by atoms with Crippen molar-refractivity contribution in [1.29, 1.82) is 0 Å². The number of azide groups is 1. The molecule has 0 fully saturated rings. The zero-order valence-electron chi connectivity index (χ0n) is 13.8. The van der Waals surface area contributed by atoms with E-state index in [1.807, 2.05) is 32.9 Å². The van der Waals surface area contributed by atoms with Crippen molar-refractivity contribution in [3.63, 3.8) is 0 Å². The van der Waals surface area contributed by atoms with Crippen LogP contribution in [0.2, 0.25) is 0 Å². The number of anilines is 1. The van der Waals surface area contributed by atoms with Gasteiger partial charge < -0.3 is 4.74 Å². The van der Waals surface area contributed by atoms with Crippen molar-refractivity contribution in [3.8, 4) is 0 Å². The molecular formula is C16H22N4O2. The highest BCUT2D eigenvalue weighted by Gasteiger charge is 2.35. The minimum Gasteiger partial charge on any atom is -0.443 e. The number of carbonyl (C=O) groups excluding carboxylic acids is 1. The highest BCUT2D eigenvalue weighted by atomic mass is 16.6. The minimum absolute atomic E-state index is 0.0885. The molecule has 0 N–H and O–H groups in total. The SMILES string of the molecule is CC(C)(C)OC(=O)N1CCC(C)(C)c2cc(N=[N+]=[N-])ccc21. The van der Waals surface area contributed by atoms with Crippen LogP contribution < -0.4 is 4.90 Å². The molecule has 22 heavy (non-hydrogen) atoms. The molecule has 1 aromatic carbocycles. The first kappa shape index (κ1) is 16.2. The lowest BCUT2D eigenvalue weighted by atomic mass is 9.77. The summed E-state index contributed by atoms with van der Waals surface area (Å²) in [4.78, 5) is 16.9. The Kier molecular flexibility index (Phi) is 4.07. The third-order valence-corrected chi connectivity index (χ3v) is 3.73. The molecule has 0 bridgehead atoms. The van der Waals surface area contributed by atoms with Crippen LogP contribution in [0.4, 0.5) is 16.2 Å². The molecule has 2 rings (SSSR count). The first-order valence-corrected chi connectivity index (χ1v) is 7.34. The maximum atomic E-state index is 12.4. The summed E-state index contributed by atoms with van der Waals surface area (Å²) in [5.74, 6) is 0. The number of rotatable bonds is 1. The van der Waals surface area contributed by atoms with Crippen LogP contribution in [-0.4, -0.2) is 18.2 Å². The molecule has 0 unspecified atom stereocenters. The molecule has 1 aromatic rings. The van der Waals surface area contributed by atoms with Gasteiger partial charge in [0.25, 0.3) is 0 Å². The Morgan fingerprint density at radius 2 is 2.09 bits per heavy atom. The van der Waals surface area contributed by atoms with Gasteiger partial charge in [-0.25, -0.2) is 4.79 Å². The summed E-state index contributed by atoms with van der Waals surface area (Å²) in [5.41, 5.74) is 10.3. The molecule has 0 spiro atoms. The van der Waals surface area contributed by atoms with Crippen LogP contribution in [0.25, 0.3) is 10.4 Å². The fourth-order valence-electron chi connectivity index (χ4n) is 2.57. The van der Waals surface area contributed by atoms with Gasteiger partial charge in [0, 0.05) is 17.1 Å². The molecule has 0 radical (unpaired) electrons. The van der Waals surface area contributed by atoms with Gasteiger partial charge in [-0.15, -0.1) is 0 Å². The van der Waals surface area contributed by atoms with E-state index in [1.165, 1.54) is 0 Å². The predicted molar refractivity (Wildman–Crippen MR) is 86.5 cm³/mol. The molecule has 1 aliphatic rings. The van der Waals surface area contributed by atoms with E-state index in [2.05, 4.69) is 23.9 Å². The maximum absolute atomic E-state index is 12.4. The smallest absolute Gasteiger partial charge is 0.414 e. The van der Waals surface area contributed by atoms with Crippen LogP contribution in [0, 0.1) is 0 Å². The number of benzene rings is 1. The Balaban J connectivity index is 2.43. The first-order valence-electron chi connectivity index (χ1n) is 7.34. The predicted octanol–water partition coefficient (Wildman–Crippen LogP) is 5.05. The molecule has 0 atom stereocenters. The summed E-state index contributed by atoms with van der Waals surface area (Å²) >= 11 is 0. The second-order valence-electron chi connectivity index (χ2n) is 7.16. The van der Waals surface area contributed by atoms with Gasteiger partial charge in [-0.2, -0.15) is 0 Å². The molecule has 6 heteroatoms. The van der Waals surface area contributed by atoms with E-state index < -0.39 is 5.60 Å². The van der Waals surface area contributed by atoms with Crippen LogP contribution in [0.15, 0.2) is 23.3 Å². The Bertz CT molecular complexity index is 640. The molecule has 118 valence electrons. The molecular weight excluding hydrogens is 280 g/mol. The van der Waals surface area contributed by atoms with Gasteiger partial charge in [-0.3, -0.25) is 4.90 Å². The van der Waals surface area contributed by atoms with Crippen molar-refractivity contribution in [2.75, 3.05) is 11.4 Å². The number of amides is 1. The van der Waals surface area contributed by atoms with E-state index in [9.17, 15) is 4.79 Å². The van der Waals surface area contributed by atoms with Crippen molar-refractivity contribution in [2.24, 2.45) is 5.11 Å². The molecule has 0 aliphatic carbocycles. The van der Waals surface area contributed by atoms with Crippen molar-refractivity contribution < 1.29 is 9.53 Å². The van der Waals surface area contributed by atoms with Gasteiger partial charge in [0.1, 0.15) is 5.60 Å². The van der Waals surface area contributed by atoms with Gasteiger partial charge in [0.05, 0.1) is 5.69 Å². The lowest BCUT2D eigenvalue weighted by molar-refractivity contribution is 0.0574. The average Bonchev–Trinajstić information content (AvgIpc) is 2.37. The fraction of sp³-hybridized carbons (Fsp3) is 0.562. The normalized spacial score (nSPS) is 16.5. The first-order chi connectivity index (χ1) is 10.1. The quantitative estimate of drug-likeness (QED) is 0.413. The van der Waals surface area contributed by atoms with Gasteiger partial charge in [-0.05, 0) is 55.8 Å². The second kappa shape index (κ2) is 5.54. The molecule has 1 aliphatic heterocycles. The molecule has 1 amide bonds. The van der Waals surface area contributed by atoms with Crippen molar-refractivity contribution in [3.05, 3.63) is 34.2 Å². The Labute approximate surface area is 130 Å². The van der Waals surface area contributed by atoms with Crippen LogP contribution >= 0.6 is 0 Å². The van der Waals surface area contributed by atoms with E-state index in [1.54, 1.807) is 11.0 Å². The van der Waals surface area contributed by atoms with Gasteiger partial charge in [0.15, 0.2) is 0 Å². The summed E-state index contributed by atoms with van der Waals surface area (Å²) in [6, 6.07) is 5.40. The standard InChI is InChI=1S/C16H22N4O2/c1-15(2,3)22-14(21)20-9-8-16(4,5)12-10-11(18-19-17)6-7-13(12)20/h6-7,10H,8-9H2,1-5H3. The second-order valence-corrected chi connectivity index (χ2v) is 7.16.